The van der Waals surface area contributed by atoms with E-state index < -0.39 is 8.32 Å². The van der Waals surface area contributed by atoms with Crippen LogP contribution in [0.25, 0.3) is 0 Å². The fourth-order valence-electron chi connectivity index (χ4n) is 3.18. The minimum atomic E-state index is -1.76. The number of hydrogen-bond acceptors (Lipinski definition) is 3. The summed E-state index contributed by atoms with van der Waals surface area (Å²) in [6.07, 6.45) is 7.26. The summed E-state index contributed by atoms with van der Waals surface area (Å²) in [4.78, 5) is 4.08. The van der Waals surface area contributed by atoms with Gasteiger partial charge >= 0.3 is 0 Å². The summed E-state index contributed by atoms with van der Waals surface area (Å²) in [7, 11) is -1.76. The van der Waals surface area contributed by atoms with Gasteiger partial charge in [-0.25, -0.2) is 0 Å². The highest BCUT2D eigenvalue weighted by atomic mass is 35.5. The Kier molecular flexibility index (Phi) is 8.02. The molecule has 0 amide bonds. The number of aromatic nitrogens is 1. The number of nitrogens with zero attached hydrogens (tertiary/aromatic N) is 1. The highest BCUT2D eigenvalue weighted by molar-refractivity contribution is 6.73. The van der Waals surface area contributed by atoms with Crippen molar-refractivity contribution in [2.75, 3.05) is 13.1 Å². The normalized spacial score (nSPS) is 16.4. The predicted octanol–water partition coefficient (Wildman–Crippen LogP) is 5.84. The molecule has 0 radical (unpaired) electrons. The summed E-state index contributed by atoms with van der Waals surface area (Å²) in [5, 5.41) is 4.76. The zero-order valence-corrected chi connectivity index (χ0v) is 17.6. The molecule has 1 saturated carbocycles. The van der Waals surface area contributed by atoms with Crippen molar-refractivity contribution in [3.05, 3.63) is 28.0 Å². The van der Waals surface area contributed by atoms with E-state index in [0.717, 1.165) is 42.7 Å². The van der Waals surface area contributed by atoms with Crippen LogP contribution < -0.4 is 5.32 Å². The molecule has 1 heterocycles. The Labute approximate surface area is 157 Å². The van der Waals surface area contributed by atoms with Gasteiger partial charge in [0.1, 0.15) is 0 Å². The van der Waals surface area contributed by atoms with E-state index in [1.54, 1.807) is 12.4 Å². The average molecular weight is 389 g/mol. The molecule has 1 N–H and O–H groups in total. The Morgan fingerprint density at radius 1 is 1.17 bits per heavy atom. The van der Waals surface area contributed by atoms with Crippen molar-refractivity contribution in [3.8, 4) is 0 Å². The first kappa shape index (κ1) is 20.2. The van der Waals surface area contributed by atoms with Gasteiger partial charge in [0.25, 0.3) is 0 Å². The van der Waals surface area contributed by atoms with Gasteiger partial charge in [0.05, 0.1) is 16.1 Å². The van der Waals surface area contributed by atoms with Crippen LogP contribution in [0.4, 0.5) is 0 Å². The lowest BCUT2D eigenvalue weighted by Crippen LogP contribution is -2.40. The summed E-state index contributed by atoms with van der Waals surface area (Å²) < 4.78 is 6.74. The molecule has 1 aliphatic carbocycles. The molecule has 0 bridgehead atoms. The van der Waals surface area contributed by atoms with Gasteiger partial charge in [0.2, 0.25) is 0 Å². The summed E-state index contributed by atoms with van der Waals surface area (Å²) in [5.74, 6) is 0.931. The fraction of sp³-hybridized carbons (Fsp3) is 0.722. The standard InChI is InChI=1S/C18H30Cl2N2OSi/c1-4-24(5-2,6-3)23-17(13-21-10-9-14-7-8-14)18-15(19)11-22-12-16(18)20/h11-12,14,17,21H,4-10,13H2,1-3H3. The predicted molar refractivity (Wildman–Crippen MR) is 105 cm³/mol. The minimum absolute atomic E-state index is 0.0984. The lowest BCUT2D eigenvalue weighted by Gasteiger charge is -2.34. The molecule has 1 aromatic rings. The van der Waals surface area contributed by atoms with E-state index in [4.69, 9.17) is 27.6 Å². The minimum Gasteiger partial charge on any atom is -0.409 e. The van der Waals surface area contributed by atoms with Crippen molar-refractivity contribution in [2.24, 2.45) is 5.92 Å². The maximum atomic E-state index is 6.74. The molecule has 0 saturated heterocycles. The van der Waals surface area contributed by atoms with E-state index in [-0.39, 0.29) is 6.10 Å². The highest BCUT2D eigenvalue weighted by Crippen LogP contribution is 2.36. The third-order valence-electron chi connectivity index (χ3n) is 5.29. The van der Waals surface area contributed by atoms with Gasteiger partial charge in [-0.05, 0) is 37.0 Å². The lowest BCUT2D eigenvalue weighted by molar-refractivity contribution is 0.186. The summed E-state index contributed by atoms with van der Waals surface area (Å²) in [6, 6.07) is 3.33. The van der Waals surface area contributed by atoms with E-state index in [2.05, 4.69) is 31.1 Å². The van der Waals surface area contributed by atoms with Crippen LogP contribution in [0.1, 0.15) is 51.7 Å². The van der Waals surface area contributed by atoms with Gasteiger partial charge in [-0.3, -0.25) is 4.98 Å². The molecule has 1 aromatic heterocycles. The summed E-state index contributed by atoms with van der Waals surface area (Å²) in [6.45, 7) is 8.51. The second-order valence-corrected chi connectivity index (χ2v) is 12.3. The number of halogens is 2. The Morgan fingerprint density at radius 3 is 2.25 bits per heavy atom. The monoisotopic (exact) mass is 388 g/mol. The van der Waals surface area contributed by atoms with Gasteiger partial charge in [0.15, 0.2) is 8.32 Å². The maximum Gasteiger partial charge on any atom is 0.192 e. The Balaban J connectivity index is 2.13. The van der Waals surface area contributed by atoms with Crippen molar-refractivity contribution < 1.29 is 4.43 Å². The van der Waals surface area contributed by atoms with Crippen molar-refractivity contribution in [2.45, 2.75) is 64.3 Å². The molecule has 2 rings (SSSR count). The first-order valence-electron chi connectivity index (χ1n) is 9.22. The van der Waals surface area contributed by atoms with E-state index in [1.807, 2.05) is 0 Å². The van der Waals surface area contributed by atoms with E-state index >= 15 is 0 Å². The zero-order valence-electron chi connectivity index (χ0n) is 15.1. The van der Waals surface area contributed by atoms with E-state index in [1.165, 1.54) is 19.3 Å². The molecule has 0 aromatic carbocycles. The zero-order chi connectivity index (χ0) is 17.6. The van der Waals surface area contributed by atoms with Gasteiger partial charge in [-0.15, -0.1) is 0 Å². The number of hydrogen-bond donors (Lipinski definition) is 1. The molecule has 1 unspecified atom stereocenters. The number of pyridine rings is 1. The van der Waals surface area contributed by atoms with Crippen LogP contribution in [-0.2, 0) is 4.43 Å². The molecule has 0 spiro atoms. The Bertz CT molecular complexity index is 493. The first-order chi connectivity index (χ1) is 11.5. The van der Waals surface area contributed by atoms with Crippen LogP contribution in [0, 0.1) is 5.92 Å². The second-order valence-electron chi connectivity index (χ2n) is 6.80. The molecule has 0 aliphatic heterocycles. The largest absolute Gasteiger partial charge is 0.409 e. The second kappa shape index (κ2) is 9.53. The van der Waals surface area contributed by atoms with E-state index in [0.29, 0.717) is 10.0 Å². The van der Waals surface area contributed by atoms with Crippen molar-refractivity contribution >= 4 is 31.5 Å². The maximum absolute atomic E-state index is 6.74. The van der Waals surface area contributed by atoms with Crippen LogP contribution in [0.5, 0.6) is 0 Å². The van der Waals surface area contributed by atoms with Crippen molar-refractivity contribution in [3.63, 3.8) is 0 Å². The number of nitrogens with one attached hydrogen (secondary N) is 1. The smallest absolute Gasteiger partial charge is 0.192 e. The van der Waals surface area contributed by atoms with Crippen molar-refractivity contribution in [1.29, 1.82) is 0 Å². The first-order valence-corrected chi connectivity index (χ1v) is 12.5. The van der Waals surface area contributed by atoms with Gasteiger partial charge in [-0.1, -0.05) is 56.8 Å². The lowest BCUT2D eigenvalue weighted by atomic mass is 10.1. The third kappa shape index (κ3) is 5.43. The molecule has 1 aliphatic rings. The molecule has 6 heteroatoms. The van der Waals surface area contributed by atoms with Crippen LogP contribution in [-0.4, -0.2) is 26.4 Å². The van der Waals surface area contributed by atoms with Gasteiger partial charge < -0.3 is 9.74 Å². The van der Waals surface area contributed by atoms with Gasteiger partial charge in [-0.2, -0.15) is 0 Å². The average Bonchev–Trinajstić information content (AvgIpc) is 3.40. The van der Waals surface area contributed by atoms with E-state index in [9.17, 15) is 0 Å². The topological polar surface area (TPSA) is 34.1 Å². The summed E-state index contributed by atoms with van der Waals surface area (Å²) >= 11 is 12.8. The SMILES string of the molecule is CC[Si](CC)(CC)OC(CNCCC1CC1)c1c(Cl)cncc1Cl. The Morgan fingerprint density at radius 2 is 1.75 bits per heavy atom. The highest BCUT2D eigenvalue weighted by Gasteiger charge is 2.34. The third-order valence-corrected chi connectivity index (χ3v) is 10.5. The van der Waals surface area contributed by atoms with Crippen LogP contribution in [0.3, 0.4) is 0 Å². The molecule has 1 fully saturated rings. The molecule has 3 nitrogen and oxygen atoms in total. The van der Waals surface area contributed by atoms with Crippen LogP contribution in [0.2, 0.25) is 28.2 Å². The van der Waals surface area contributed by atoms with Gasteiger partial charge in [0, 0.05) is 24.5 Å². The van der Waals surface area contributed by atoms with Crippen LogP contribution in [0.15, 0.2) is 12.4 Å². The Hall–Kier alpha value is -0.133. The molecule has 1 atom stereocenters. The quantitative estimate of drug-likeness (QED) is 0.381. The molecular weight excluding hydrogens is 359 g/mol. The molecule has 136 valence electrons. The summed E-state index contributed by atoms with van der Waals surface area (Å²) in [5.41, 5.74) is 0.888. The fourth-order valence-corrected chi connectivity index (χ4v) is 6.59. The van der Waals surface area contributed by atoms with Crippen LogP contribution >= 0.6 is 23.2 Å². The molecular formula is C18H30Cl2N2OSi. The van der Waals surface area contributed by atoms with Crippen molar-refractivity contribution in [1.82, 2.24) is 10.3 Å². The molecule has 24 heavy (non-hydrogen) atoms. The number of rotatable bonds is 11.